The second kappa shape index (κ2) is 9.11. The van der Waals surface area contributed by atoms with Gasteiger partial charge < -0.3 is 19.8 Å². The number of rotatable bonds is 6. The third-order valence-corrected chi connectivity index (χ3v) is 5.16. The molecule has 0 aliphatic rings. The average molecular weight is 450 g/mol. The molecular formula is C24H20ClN3O4. The van der Waals surface area contributed by atoms with Crippen LogP contribution in [0.3, 0.4) is 0 Å². The summed E-state index contributed by atoms with van der Waals surface area (Å²) in [5, 5.41) is 3.04. The molecule has 0 saturated heterocycles. The molecule has 4 aromatic rings. The number of fused-ring (bicyclic) bond motifs is 1. The number of H-pyrrole nitrogens is 1. The van der Waals surface area contributed by atoms with Crippen molar-refractivity contribution in [1.29, 1.82) is 0 Å². The standard InChI is InChI=1S/C24H20ClN3O4/c1-14(23(29)26-15-11-12-21(31-2)18(25)13-15)32-24(30)17-8-4-3-7-16(17)22-27-19-9-5-6-10-20(19)28-22/h3-14H,1-2H3,(H,26,29)(H,27,28). The van der Waals surface area contributed by atoms with E-state index in [1.165, 1.54) is 14.0 Å². The summed E-state index contributed by atoms with van der Waals surface area (Å²) in [6.45, 7) is 1.50. The van der Waals surface area contributed by atoms with Crippen LogP contribution in [-0.2, 0) is 9.53 Å². The summed E-state index contributed by atoms with van der Waals surface area (Å²) in [6, 6.07) is 19.4. The minimum Gasteiger partial charge on any atom is -0.495 e. The molecule has 0 fully saturated rings. The number of esters is 1. The van der Waals surface area contributed by atoms with Crippen molar-refractivity contribution in [3.8, 4) is 17.1 Å². The number of aromatic nitrogens is 2. The maximum Gasteiger partial charge on any atom is 0.339 e. The van der Waals surface area contributed by atoms with Crippen LogP contribution >= 0.6 is 11.6 Å². The summed E-state index contributed by atoms with van der Waals surface area (Å²) in [4.78, 5) is 33.2. The van der Waals surface area contributed by atoms with Crippen molar-refractivity contribution in [3.05, 3.63) is 77.3 Å². The van der Waals surface area contributed by atoms with E-state index in [1.807, 2.05) is 30.3 Å². The number of hydrogen-bond donors (Lipinski definition) is 2. The Morgan fingerprint density at radius 1 is 1.06 bits per heavy atom. The predicted molar refractivity (Wildman–Crippen MR) is 123 cm³/mol. The normalized spacial score (nSPS) is 11.7. The van der Waals surface area contributed by atoms with Crippen molar-refractivity contribution in [2.75, 3.05) is 12.4 Å². The van der Waals surface area contributed by atoms with Gasteiger partial charge in [-0.1, -0.05) is 41.9 Å². The first-order valence-corrected chi connectivity index (χ1v) is 10.2. The highest BCUT2D eigenvalue weighted by molar-refractivity contribution is 6.32. The van der Waals surface area contributed by atoms with Gasteiger partial charge in [-0.05, 0) is 43.3 Å². The molecule has 32 heavy (non-hydrogen) atoms. The largest absolute Gasteiger partial charge is 0.495 e. The quantitative estimate of drug-likeness (QED) is 0.400. The third-order valence-electron chi connectivity index (χ3n) is 4.86. The second-order valence-corrected chi connectivity index (χ2v) is 7.44. The molecule has 1 heterocycles. The molecule has 8 heteroatoms. The zero-order chi connectivity index (χ0) is 22.7. The molecule has 0 saturated carbocycles. The van der Waals surface area contributed by atoms with Gasteiger partial charge in [0.05, 0.1) is 28.7 Å². The Labute approximate surface area is 189 Å². The van der Waals surface area contributed by atoms with Crippen LogP contribution in [-0.4, -0.2) is 35.1 Å². The van der Waals surface area contributed by atoms with E-state index in [0.29, 0.717) is 33.4 Å². The van der Waals surface area contributed by atoms with Crippen LogP contribution in [0.25, 0.3) is 22.4 Å². The SMILES string of the molecule is COc1ccc(NC(=O)C(C)OC(=O)c2ccccc2-c2nc3ccccc3[nH]2)cc1Cl. The molecule has 0 bridgehead atoms. The van der Waals surface area contributed by atoms with Gasteiger partial charge in [0.15, 0.2) is 6.10 Å². The molecule has 1 atom stereocenters. The molecule has 3 aromatic carbocycles. The van der Waals surface area contributed by atoms with Gasteiger partial charge in [-0.25, -0.2) is 9.78 Å². The fourth-order valence-electron chi connectivity index (χ4n) is 3.21. The first kappa shape index (κ1) is 21.4. The number of aromatic amines is 1. The maximum atomic E-state index is 12.9. The van der Waals surface area contributed by atoms with E-state index in [0.717, 1.165) is 11.0 Å². The van der Waals surface area contributed by atoms with Crippen molar-refractivity contribution in [2.45, 2.75) is 13.0 Å². The van der Waals surface area contributed by atoms with Crippen molar-refractivity contribution in [2.24, 2.45) is 0 Å². The van der Waals surface area contributed by atoms with Crippen LogP contribution in [0.15, 0.2) is 66.7 Å². The van der Waals surface area contributed by atoms with Crippen LogP contribution in [0.5, 0.6) is 5.75 Å². The van der Waals surface area contributed by atoms with E-state index >= 15 is 0 Å². The van der Waals surface area contributed by atoms with Gasteiger partial charge in [0.25, 0.3) is 5.91 Å². The minimum atomic E-state index is -1.04. The van der Waals surface area contributed by atoms with Crippen LogP contribution < -0.4 is 10.1 Å². The van der Waals surface area contributed by atoms with Gasteiger partial charge in [0, 0.05) is 11.3 Å². The third kappa shape index (κ3) is 4.43. The molecule has 2 N–H and O–H groups in total. The number of carbonyl (C=O) groups excluding carboxylic acids is 2. The van der Waals surface area contributed by atoms with Crippen LogP contribution in [0.2, 0.25) is 5.02 Å². The lowest BCUT2D eigenvalue weighted by atomic mass is 10.1. The maximum absolute atomic E-state index is 12.9. The van der Waals surface area contributed by atoms with E-state index in [2.05, 4.69) is 15.3 Å². The first-order chi connectivity index (χ1) is 15.5. The number of carbonyl (C=O) groups is 2. The number of halogens is 1. The fraction of sp³-hybridized carbons (Fsp3) is 0.125. The monoisotopic (exact) mass is 449 g/mol. The van der Waals surface area contributed by atoms with Gasteiger partial charge in [-0.3, -0.25) is 4.79 Å². The highest BCUT2D eigenvalue weighted by atomic mass is 35.5. The van der Waals surface area contributed by atoms with Gasteiger partial charge >= 0.3 is 5.97 Å². The molecule has 1 unspecified atom stereocenters. The summed E-state index contributed by atoms with van der Waals surface area (Å²) in [6.07, 6.45) is -1.04. The number of hydrogen-bond acceptors (Lipinski definition) is 5. The van der Waals surface area contributed by atoms with Gasteiger partial charge in [0.1, 0.15) is 11.6 Å². The number of amides is 1. The van der Waals surface area contributed by atoms with E-state index in [4.69, 9.17) is 21.1 Å². The van der Waals surface area contributed by atoms with Gasteiger partial charge in [-0.2, -0.15) is 0 Å². The van der Waals surface area contributed by atoms with E-state index in [1.54, 1.807) is 36.4 Å². The average Bonchev–Trinajstić information content (AvgIpc) is 3.23. The first-order valence-electron chi connectivity index (χ1n) is 9.86. The molecule has 1 amide bonds. The topological polar surface area (TPSA) is 93.3 Å². The summed E-state index contributed by atoms with van der Waals surface area (Å²) in [7, 11) is 1.50. The lowest BCUT2D eigenvalue weighted by Gasteiger charge is -2.15. The Balaban J connectivity index is 1.50. The lowest BCUT2D eigenvalue weighted by Crippen LogP contribution is -2.30. The molecular weight excluding hydrogens is 430 g/mol. The highest BCUT2D eigenvalue weighted by Crippen LogP contribution is 2.28. The zero-order valence-electron chi connectivity index (χ0n) is 17.4. The Hall–Kier alpha value is -3.84. The number of methoxy groups -OCH3 is 1. The molecule has 0 aliphatic carbocycles. The minimum absolute atomic E-state index is 0.304. The van der Waals surface area contributed by atoms with Crippen LogP contribution in [0.4, 0.5) is 5.69 Å². The molecule has 0 spiro atoms. The number of ether oxygens (including phenoxy) is 2. The van der Waals surface area contributed by atoms with Crippen LogP contribution in [0, 0.1) is 0 Å². The number of imidazole rings is 1. The number of anilines is 1. The summed E-state index contributed by atoms with van der Waals surface area (Å²) in [5.41, 5.74) is 3.00. The fourth-order valence-corrected chi connectivity index (χ4v) is 3.47. The van der Waals surface area contributed by atoms with Gasteiger partial charge in [0.2, 0.25) is 0 Å². The molecule has 162 valence electrons. The van der Waals surface area contributed by atoms with Crippen molar-refractivity contribution < 1.29 is 19.1 Å². The number of para-hydroxylation sites is 2. The van der Waals surface area contributed by atoms with Crippen molar-refractivity contribution in [3.63, 3.8) is 0 Å². The Morgan fingerprint density at radius 3 is 2.56 bits per heavy atom. The number of nitrogens with one attached hydrogen (secondary N) is 2. The Kier molecular flexibility index (Phi) is 6.09. The van der Waals surface area contributed by atoms with Crippen LogP contribution in [0.1, 0.15) is 17.3 Å². The highest BCUT2D eigenvalue weighted by Gasteiger charge is 2.22. The predicted octanol–water partition coefficient (Wildman–Crippen LogP) is 5.08. The Bertz CT molecular complexity index is 1270. The Morgan fingerprint density at radius 2 is 1.81 bits per heavy atom. The summed E-state index contributed by atoms with van der Waals surface area (Å²) in [5.74, 6) is -0.0765. The molecule has 4 rings (SSSR count). The molecule has 0 aliphatic heterocycles. The second-order valence-electron chi connectivity index (χ2n) is 7.03. The lowest BCUT2D eigenvalue weighted by molar-refractivity contribution is -0.123. The van der Waals surface area contributed by atoms with Crippen molar-refractivity contribution in [1.82, 2.24) is 9.97 Å². The summed E-state index contributed by atoms with van der Waals surface area (Å²) >= 11 is 6.09. The number of benzene rings is 3. The van der Waals surface area contributed by atoms with E-state index in [-0.39, 0.29) is 0 Å². The summed E-state index contributed by atoms with van der Waals surface area (Å²) < 4.78 is 10.5. The molecule has 0 radical (unpaired) electrons. The smallest absolute Gasteiger partial charge is 0.339 e. The number of nitrogens with zero attached hydrogens (tertiary/aromatic N) is 1. The van der Waals surface area contributed by atoms with E-state index < -0.39 is 18.0 Å². The zero-order valence-corrected chi connectivity index (χ0v) is 18.1. The van der Waals surface area contributed by atoms with E-state index in [9.17, 15) is 9.59 Å². The molecule has 1 aromatic heterocycles. The molecule has 7 nitrogen and oxygen atoms in total. The van der Waals surface area contributed by atoms with Crippen molar-refractivity contribution >= 4 is 40.2 Å². The van der Waals surface area contributed by atoms with Gasteiger partial charge in [-0.15, -0.1) is 0 Å².